The van der Waals surface area contributed by atoms with Gasteiger partial charge in [0.05, 0.1) is 6.20 Å². The predicted octanol–water partition coefficient (Wildman–Crippen LogP) is 3.97. The van der Waals surface area contributed by atoms with Gasteiger partial charge in [-0.2, -0.15) is 8.78 Å². The van der Waals surface area contributed by atoms with Gasteiger partial charge in [0.1, 0.15) is 29.8 Å². The van der Waals surface area contributed by atoms with E-state index < -0.39 is 18.8 Å². The van der Waals surface area contributed by atoms with E-state index in [1.54, 1.807) is 25.1 Å². The summed E-state index contributed by atoms with van der Waals surface area (Å²) in [4.78, 5) is 21.0. The van der Waals surface area contributed by atoms with Crippen molar-refractivity contribution in [3.05, 3.63) is 57.9 Å². The van der Waals surface area contributed by atoms with Gasteiger partial charge in [-0.1, -0.05) is 23.7 Å². The minimum absolute atomic E-state index is 0.0424. The Morgan fingerprint density at radius 2 is 2.19 bits per heavy atom. The van der Waals surface area contributed by atoms with Crippen LogP contribution in [-0.2, 0) is 16.7 Å². The molecule has 1 aromatic heterocycles. The molecule has 0 radical (unpaired) electrons. The highest BCUT2D eigenvalue weighted by Gasteiger charge is 2.59. The quantitative estimate of drug-likeness (QED) is 0.641. The van der Waals surface area contributed by atoms with Crippen molar-refractivity contribution in [2.45, 2.75) is 38.0 Å². The van der Waals surface area contributed by atoms with Gasteiger partial charge in [0.2, 0.25) is 0 Å². The molecule has 1 aliphatic heterocycles. The zero-order chi connectivity index (χ0) is 22.3. The van der Waals surface area contributed by atoms with E-state index in [1.165, 1.54) is 6.07 Å². The zero-order valence-corrected chi connectivity index (χ0v) is 17.2. The number of hydrogen-bond donors (Lipinski definition) is 1. The molecule has 1 aliphatic carbocycles. The molecule has 2 heterocycles. The third kappa shape index (κ3) is 4.06. The number of Topliss-reactive ketones (excluding diaryl/α,β-unsaturated/α-hetero) is 1. The summed E-state index contributed by atoms with van der Waals surface area (Å²) in [6, 6.07) is 6.15. The van der Waals surface area contributed by atoms with E-state index in [-0.39, 0.29) is 41.7 Å². The predicted molar refractivity (Wildman–Crippen MR) is 107 cm³/mol. The topological polar surface area (TPSA) is 86.8 Å². The van der Waals surface area contributed by atoms with E-state index in [4.69, 9.17) is 22.1 Å². The standard InChI is InChI=1S/C21H19ClF3N3O3/c1-10-4-12(30-19(24)25)8-27-18(10)16(29)6-11-2-3-15(22)13(5-11)21(9-23)14-7-17(14)31-20(26)28-21/h2-5,8,14,17,19H,6-7,9H2,1H3,(H2,26,28)/t14-,17+,21+/m0/s1. The van der Waals surface area contributed by atoms with Crippen molar-refractivity contribution in [2.24, 2.45) is 16.6 Å². The SMILES string of the molecule is Cc1cc(OC(F)F)cnc1C(=O)Cc1ccc(Cl)c([C@@]2(CF)N=C(N)O[C@@H]3C[C@@H]32)c1. The first-order valence-electron chi connectivity index (χ1n) is 9.55. The minimum Gasteiger partial charge on any atom is -0.462 e. The number of carbonyl (C=O) groups is 1. The van der Waals surface area contributed by atoms with E-state index in [0.717, 1.165) is 6.20 Å². The van der Waals surface area contributed by atoms with Crippen LogP contribution in [-0.4, -0.2) is 36.2 Å². The van der Waals surface area contributed by atoms with Gasteiger partial charge in [0.25, 0.3) is 6.02 Å². The number of rotatable bonds is 7. The summed E-state index contributed by atoms with van der Waals surface area (Å²) in [6.45, 7) is -2.20. The van der Waals surface area contributed by atoms with Gasteiger partial charge in [0, 0.05) is 22.9 Å². The monoisotopic (exact) mass is 453 g/mol. The Balaban J connectivity index is 1.61. The number of carbonyl (C=O) groups excluding carboxylic acids is 1. The van der Waals surface area contributed by atoms with Crippen molar-refractivity contribution >= 4 is 23.4 Å². The Labute approximate surface area is 181 Å². The first kappa shape index (κ1) is 21.4. The first-order chi connectivity index (χ1) is 14.7. The van der Waals surface area contributed by atoms with Crippen LogP contribution < -0.4 is 10.5 Å². The second-order valence-corrected chi connectivity index (χ2v) is 8.04. The molecule has 6 nitrogen and oxygen atoms in total. The molecule has 2 N–H and O–H groups in total. The number of ether oxygens (including phenoxy) is 2. The second kappa shape index (κ2) is 8.03. The van der Waals surface area contributed by atoms with E-state index in [2.05, 4.69) is 14.7 Å². The van der Waals surface area contributed by atoms with Crippen LogP contribution in [0.5, 0.6) is 5.75 Å². The number of pyridine rings is 1. The molecular formula is C21H19ClF3N3O3. The highest BCUT2D eigenvalue weighted by atomic mass is 35.5. The maximum atomic E-state index is 14.3. The highest BCUT2D eigenvalue weighted by molar-refractivity contribution is 6.31. The fraction of sp³-hybridized carbons (Fsp3) is 0.381. The zero-order valence-electron chi connectivity index (χ0n) is 16.4. The summed E-state index contributed by atoms with van der Waals surface area (Å²) in [5, 5.41) is 0.320. The molecule has 1 saturated carbocycles. The van der Waals surface area contributed by atoms with Crippen molar-refractivity contribution in [3.63, 3.8) is 0 Å². The number of halogens is 4. The van der Waals surface area contributed by atoms with Crippen LogP contribution in [0.4, 0.5) is 13.2 Å². The smallest absolute Gasteiger partial charge is 0.387 e. The Bertz CT molecular complexity index is 1070. The molecular weight excluding hydrogens is 435 g/mol. The number of amidine groups is 1. The number of nitrogens with two attached hydrogens (primary N) is 1. The third-order valence-electron chi connectivity index (χ3n) is 5.54. The molecule has 2 aliphatic rings. The van der Waals surface area contributed by atoms with Crippen molar-refractivity contribution in [1.82, 2.24) is 4.98 Å². The molecule has 10 heteroatoms. The second-order valence-electron chi connectivity index (χ2n) is 7.64. The molecule has 3 atom stereocenters. The number of benzene rings is 1. The minimum atomic E-state index is -2.98. The molecule has 0 spiro atoms. The lowest BCUT2D eigenvalue weighted by molar-refractivity contribution is -0.0501. The molecule has 0 bridgehead atoms. The van der Waals surface area contributed by atoms with Gasteiger partial charge in [-0.3, -0.25) is 4.79 Å². The van der Waals surface area contributed by atoms with Crippen LogP contribution >= 0.6 is 11.6 Å². The normalized spacial score (nSPS) is 24.3. The maximum Gasteiger partial charge on any atom is 0.387 e. The van der Waals surface area contributed by atoms with Crippen LogP contribution in [0.1, 0.15) is 33.6 Å². The van der Waals surface area contributed by atoms with Crippen LogP contribution in [0.2, 0.25) is 5.02 Å². The maximum absolute atomic E-state index is 14.3. The van der Waals surface area contributed by atoms with Gasteiger partial charge < -0.3 is 15.2 Å². The third-order valence-corrected chi connectivity index (χ3v) is 5.86. The molecule has 4 rings (SSSR count). The Kier molecular flexibility index (Phi) is 5.55. The van der Waals surface area contributed by atoms with Gasteiger partial charge in [0.15, 0.2) is 5.78 Å². The summed E-state index contributed by atoms with van der Waals surface area (Å²) < 4.78 is 48.7. The number of fused-ring (bicyclic) bond motifs is 1. The number of aliphatic imine (C=N–C) groups is 1. The molecule has 31 heavy (non-hydrogen) atoms. The van der Waals surface area contributed by atoms with Crippen molar-refractivity contribution in [3.8, 4) is 5.75 Å². The number of aryl methyl sites for hydroxylation is 1. The summed E-state index contributed by atoms with van der Waals surface area (Å²) in [5.74, 6) is -0.640. The average molecular weight is 454 g/mol. The Morgan fingerprint density at radius 3 is 2.87 bits per heavy atom. The van der Waals surface area contributed by atoms with Gasteiger partial charge >= 0.3 is 6.61 Å². The number of aromatic nitrogens is 1. The largest absolute Gasteiger partial charge is 0.462 e. The fourth-order valence-electron chi connectivity index (χ4n) is 4.02. The van der Waals surface area contributed by atoms with Crippen LogP contribution in [0.25, 0.3) is 0 Å². The number of ketones is 1. The molecule has 1 aromatic carbocycles. The first-order valence-corrected chi connectivity index (χ1v) is 9.93. The van der Waals surface area contributed by atoms with Gasteiger partial charge in [-0.15, -0.1) is 0 Å². The van der Waals surface area contributed by atoms with Crippen molar-refractivity contribution in [1.29, 1.82) is 0 Å². The van der Waals surface area contributed by atoms with E-state index in [0.29, 0.717) is 28.1 Å². The van der Waals surface area contributed by atoms with Crippen LogP contribution in [0, 0.1) is 12.8 Å². The Morgan fingerprint density at radius 1 is 1.42 bits per heavy atom. The summed E-state index contributed by atoms with van der Waals surface area (Å²) >= 11 is 6.38. The summed E-state index contributed by atoms with van der Waals surface area (Å²) in [7, 11) is 0. The average Bonchev–Trinajstić information content (AvgIpc) is 3.48. The number of alkyl halides is 3. The van der Waals surface area contributed by atoms with Crippen LogP contribution in [0.3, 0.4) is 0 Å². The molecule has 0 amide bonds. The number of nitrogens with zero attached hydrogens (tertiary/aromatic N) is 2. The van der Waals surface area contributed by atoms with Gasteiger partial charge in [-0.05, 0) is 36.6 Å². The Hall–Kier alpha value is -2.81. The summed E-state index contributed by atoms with van der Waals surface area (Å²) in [5.41, 5.74) is 6.07. The van der Waals surface area contributed by atoms with Crippen molar-refractivity contribution < 1.29 is 27.4 Å². The lowest BCUT2D eigenvalue weighted by Crippen LogP contribution is -2.39. The molecule has 164 valence electrons. The van der Waals surface area contributed by atoms with E-state index >= 15 is 0 Å². The molecule has 2 aromatic rings. The van der Waals surface area contributed by atoms with Gasteiger partial charge in [-0.25, -0.2) is 14.4 Å². The molecule has 0 unspecified atom stereocenters. The summed E-state index contributed by atoms with van der Waals surface area (Å²) in [6.07, 6.45) is 1.45. The molecule has 1 fully saturated rings. The highest BCUT2D eigenvalue weighted by Crippen LogP contribution is 2.54. The van der Waals surface area contributed by atoms with E-state index in [9.17, 15) is 18.0 Å². The fourth-order valence-corrected chi connectivity index (χ4v) is 4.30. The van der Waals surface area contributed by atoms with E-state index in [1.807, 2.05) is 0 Å². The van der Waals surface area contributed by atoms with Crippen molar-refractivity contribution in [2.75, 3.05) is 6.67 Å². The molecule has 0 saturated heterocycles. The number of hydrogen-bond acceptors (Lipinski definition) is 6. The van der Waals surface area contributed by atoms with Crippen LogP contribution in [0.15, 0.2) is 35.5 Å². The lowest BCUT2D eigenvalue weighted by atomic mass is 9.84. The lowest BCUT2D eigenvalue weighted by Gasteiger charge is -2.32.